The Kier molecular flexibility index (Phi) is 5.10. The summed E-state index contributed by atoms with van der Waals surface area (Å²) in [4.78, 5) is 13.4. The maximum absolute atomic E-state index is 15.1. The SMILES string of the molecule is COC[C@]12C[C@H]1[C@@](C)(c1cc(Cc3nccc4cc(C#N)cnc34)cc(F)c1F)N=C(N)S2. The molecule has 33 heavy (non-hydrogen) atoms. The minimum Gasteiger partial charge on any atom is -0.383 e. The molecule has 0 amide bonds. The van der Waals surface area contributed by atoms with Crippen molar-refractivity contribution in [3.63, 3.8) is 0 Å². The fraction of sp³-hybridized carbons (Fsp3) is 0.333. The standard InChI is InChI=1S/C24H21F2N5OS/c1-23(19-9-24(19,12-32-2)33-22(28)31-23)16-6-13(7-17(25)20(16)26)8-18-21-15(3-4-29-18)5-14(10-27)11-30-21/h3-7,11,19H,8-9,12H2,1-2H3,(H2,28,31)/t19-,23+,24+/m0/s1. The van der Waals surface area contributed by atoms with E-state index in [1.54, 1.807) is 31.5 Å². The Morgan fingerprint density at radius 1 is 1.30 bits per heavy atom. The number of ether oxygens (including phenoxy) is 1. The highest BCUT2D eigenvalue weighted by atomic mass is 32.2. The Hall–Kier alpha value is -3.09. The van der Waals surface area contributed by atoms with Crippen molar-refractivity contribution in [1.29, 1.82) is 5.26 Å². The average molecular weight is 466 g/mol. The second kappa shape index (κ2) is 7.75. The van der Waals surface area contributed by atoms with Gasteiger partial charge in [0, 0.05) is 42.8 Å². The minimum absolute atomic E-state index is 0.0202. The number of thioether (sulfide) groups is 1. The van der Waals surface area contributed by atoms with Gasteiger partial charge >= 0.3 is 0 Å². The zero-order valence-corrected chi connectivity index (χ0v) is 18.9. The predicted octanol–water partition coefficient (Wildman–Crippen LogP) is 4.05. The molecular formula is C24H21F2N5OS. The topological polar surface area (TPSA) is 97.2 Å². The van der Waals surface area contributed by atoms with Crippen LogP contribution in [0.1, 0.15) is 35.7 Å². The van der Waals surface area contributed by atoms with E-state index < -0.39 is 17.2 Å². The number of nitrogens with zero attached hydrogens (tertiary/aromatic N) is 4. The van der Waals surface area contributed by atoms with Gasteiger partial charge in [-0.15, -0.1) is 0 Å². The molecule has 1 aliphatic heterocycles. The zero-order chi connectivity index (χ0) is 23.4. The van der Waals surface area contributed by atoms with Crippen molar-refractivity contribution in [1.82, 2.24) is 9.97 Å². The third-order valence-electron chi connectivity index (χ3n) is 6.55. The van der Waals surface area contributed by atoms with Crippen molar-refractivity contribution in [3.8, 4) is 6.07 Å². The molecule has 0 unspecified atom stereocenters. The molecule has 2 N–H and O–H groups in total. The van der Waals surface area contributed by atoms with Crippen LogP contribution < -0.4 is 5.73 Å². The van der Waals surface area contributed by atoms with Gasteiger partial charge < -0.3 is 10.5 Å². The molecule has 2 aromatic heterocycles. The maximum Gasteiger partial charge on any atom is 0.164 e. The number of fused-ring (bicyclic) bond motifs is 2. The number of hydrogen-bond acceptors (Lipinski definition) is 7. The molecule has 6 nitrogen and oxygen atoms in total. The molecule has 0 saturated heterocycles. The normalized spacial score (nSPS) is 25.9. The summed E-state index contributed by atoms with van der Waals surface area (Å²) in [6.07, 6.45) is 4.10. The second-order valence-corrected chi connectivity index (χ2v) is 10.2. The molecule has 3 aromatic rings. The van der Waals surface area contributed by atoms with E-state index in [1.807, 2.05) is 6.92 Å². The Labute approximate surface area is 193 Å². The first-order valence-electron chi connectivity index (χ1n) is 10.4. The summed E-state index contributed by atoms with van der Waals surface area (Å²) in [5.41, 5.74) is 7.53. The van der Waals surface area contributed by atoms with E-state index >= 15 is 4.39 Å². The van der Waals surface area contributed by atoms with Crippen molar-refractivity contribution in [3.05, 3.63) is 70.7 Å². The van der Waals surface area contributed by atoms with Crippen molar-refractivity contribution in [2.24, 2.45) is 16.6 Å². The van der Waals surface area contributed by atoms with Gasteiger partial charge in [-0.1, -0.05) is 11.8 Å². The lowest BCUT2D eigenvalue weighted by atomic mass is 9.84. The van der Waals surface area contributed by atoms with Gasteiger partial charge in [-0.2, -0.15) is 5.26 Å². The van der Waals surface area contributed by atoms with E-state index in [1.165, 1.54) is 24.0 Å². The Morgan fingerprint density at radius 3 is 2.88 bits per heavy atom. The first-order valence-corrected chi connectivity index (χ1v) is 11.3. The lowest BCUT2D eigenvalue weighted by Crippen LogP contribution is -2.38. The Morgan fingerprint density at radius 2 is 2.12 bits per heavy atom. The number of benzene rings is 1. The zero-order valence-electron chi connectivity index (χ0n) is 18.1. The van der Waals surface area contributed by atoms with Gasteiger partial charge in [0.05, 0.1) is 33.7 Å². The predicted molar refractivity (Wildman–Crippen MR) is 123 cm³/mol. The second-order valence-electron chi connectivity index (χ2n) is 8.74. The molecule has 9 heteroatoms. The van der Waals surface area contributed by atoms with Crippen LogP contribution in [0.4, 0.5) is 8.78 Å². The van der Waals surface area contributed by atoms with Crippen LogP contribution >= 0.6 is 11.8 Å². The summed E-state index contributed by atoms with van der Waals surface area (Å²) in [6.45, 7) is 2.28. The molecule has 168 valence electrons. The summed E-state index contributed by atoms with van der Waals surface area (Å²) in [7, 11) is 1.62. The van der Waals surface area contributed by atoms with Crippen LogP contribution in [0.5, 0.6) is 0 Å². The highest BCUT2D eigenvalue weighted by Gasteiger charge is 2.66. The van der Waals surface area contributed by atoms with Crippen LogP contribution in [-0.2, 0) is 16.7 Å². The van der Waals surface area contributed by atoms with Crippen LogP contribution in [0.2, 0.25) is 0 Å². The van der Waals surface area contributed by atoms with E-state index in [0.717, 1.165) is 11.8 Å². The molecule has 1 aromatic carbocycles. The number of aromatic nitrogens is 2. The van der Waals surface area contributed by atoms with Crippen LogP contribution in [0.3, 0.4) is 0 Å². The largest absolute Gasteiger partial charge is 0.383 e. The number of rotatable bonds is 5. The molecule has 2 aliphatic rings. The van der Waals surface area contributed by atoms with E-state index in [4.69, 9.17) is 15.7 Å². The highest BCUT2D eigenvalue weighted by Crippen LogP contribution is 2.66. The van der Waals surface area contributed by atoms with E-state index in [-0.39, 0.29) is 22.6 Å². The lowest BCUT2D eigenvalue weighted by Gasteiger charge is -2.34. The molecule has 0 radical (unpaired) electrons. The fourth-order valence-corrected chi connectivity index (χ4v) is 6.40. The van der Waals surface area contributed by atoms with Crippen molar-refractivity contribution in [2.45, 2.75) is 30.1 Å². The van der Waals surface area contributed by atoms with Crippen molar-refractivity contribution in [2.75, 3.05) is 13.7 Å². The molecular weight excluding hydrogens is 444 g/mol. The van der Waals surface area contributed by atoms with Gasteiger partial charge in [0.2, 0.25) is 0 Å². The van der Waals surface area contributed by atoms with Gasteiger partial charge in [0.1, 0.15) is 6.07 Å². The van der Waals surface area contributed by atoms with Crippen LogP contribution in [0.25, 0.3) is 10.9 Å². The van der Waals surface area contributed by atoms with Gasteiger partial charge in [-0.05, 0) is 43.2 Å². The van der Waals surface area contributed by atoms with Crippen LogP contribution in [0.15, 0.2) is 41.7 Å². The first kappa shape index (κ1) is 21.7. The molecule has 5 rings (SSSR count). The third kappa shape index (κ3) is 3.54. The Balaban J connectivity index is 1.57. The summed E-state index contributed by atoms with van der Waals surface area (Å²) >= 11 is 1.45. The monoisotopic (exact) mass is 465 g/mol. The summed E-state index contributed by atoms with van der Waals surface area (Å²) in [6, 6.07) is 8.41. The van der Waals surface area contributed by atoms with Crippen LogP contribution in [0, 0.1) is 28.9 Å². The quantitative estimate of drug-likeness (QED) is 0.611. The average Bonchev–Trinajstić information content (AvgIpc) is 3.50. The van der Waals surface area contributed by atoms with Crippen LogP contribution in [-0.4, -0.2) is 33.6 Å². The van der Waals surface area contributed by atoms with E-state index in [2.05, 4.69) is 21.0 Å². The summed E-state index contributed by atoms with van der Waals surface area (Å²) in [5.74, 6) is -1.87. The minimum atomic E-state index is -0.999. The van der Waals surface area contributed by atoms with Crippen molar-refractivity contribution >= 4 is 27.8 Å². The molecule has 0 bridgehead atoms. The van der Waals surface area contributed by atoms with Crippen molar-refractivity contribution < 1.29 is 13.5 Å². The van der Waals surface area contributed by atoms with Gasteiger partial charge in [-0.3, -0.25) is 15.0 Å². The van der Waals surface area contributed by atoms with Gasteiger partial charge in [0.15, 0.2) is 16.8 Å². The molecule has 3 heterocycles. The number of methoxy groups -OCH3 is 1. The highest BCUT2D eigenvalue weighted by molar-refractivity contribution is 8.15. The van der Waals surface area contributed by atoms with E-state index in [9.17, 15) is 4.39 Å². The molecule has 1 saturated carbocycles. The number of hydrogen-bond donors (Lipinski definition) is 1. The lowest BCUT2D eigenvalue weighted by molar-refractivity contribution is 0.184. The Bertz CT molecular complexity index is 1360. The number of nitrogens with two attached hydrogens (primary N) is 1. The number of nitriles is 1. The number of aliphatic imine (C=N–C) groups is 1. The maximum atomic E-state index is 15.1. The van der Waals surface area contributed by atoms with Gasteiger partial charge in [0.25, 0.3) is 0 Å². The molecule has 1 fully saturated rings. The number of pyridine rings is 2. The number of halogens is 2. The first-order chi connectivity index (χ1) is 15.8. The molecule has 0 spiro atoms. The summed E-state index contributed by atoms with van der Waals surface area (Å²) < 4.78 is 35.1. The third-order valence-corrected chi connectivity index (χ3v) is 7.83. The van der Waals surface area contributed by atoms with Gasteiger partial charge in [-0.25, -0.2) is 8.78 Å². The molecule has 1 aliphatic carbocycles. The van der Waals surface area contributed by atoms with E-state index in [0.29, 0.717) is 34.1 Å². The molecule has 3 atom stereocenters. The fourth-order valence-electron chi connectivity index (χ4n) is 4.95. The number of amidine groups is 1. The summed E-state index contributed by atoms with van der Waals surface area (Å²) in [5, 5.41) is 10.2. The smallest absolute Gasteiger partial charge is 0.164 e.